The molecule has 0 saturated carbocycles. The summed E-state index contributed by atoms with van der Waals surface area (Å²) in [6.07, 6.45) is 0.646. The van der Waals surface area contributed by atoms with Gasteiger partial charge in [-0.05, 0) is 52.3 Å². The van der Waals surface area contributed by atoms with E-state index < -0.39 is 11.4 Å². The summed E-state index contributed by atoms with van der Waals surface area (Å²) < 4.78 is 19.9. The second-order valence-corrected chi connectivity index (χ2v) is 7.16. The van der Waals surface area contributed by atoms with Crippen molar-refractivity contribution in [3.8, 4) is 0 Å². The van der Waals surface area contributed by atoms with Crippen molar-refractivity contribution in [2.75, 3.05) is 0 Å². The van der Waals surface area contributed by atoms with Gasteiger partial charge in [-0.2, -0.15) is 0 Å². The third kappa shape index (κ3) is 3.06. The number of ketones is 1. The summed E-state index contributed by atoms with van der Waals surface area (Å²) in [5.41, 5.74) is -0.459. The number of hydrogen-bond donors (Lipinski definition) is 0. The molecule has 0 spiro atoms. The van der Waals surface area contributed by atoms with Gasteiger partial charge in [0.05, 0.1) is 17.1 Å². The van der Waals surface area contributed by atoms with E-state index in [9.17, 15) is 9.18 Å². The van der Waals surface area contributed by atoms with Gasteiger partial charge in [0, 0.05) is 10.0 Å². The van der Waals surface area contributed by atoms with Gasteiger partial charge in [-0.25, -0.2) is 4.39 Å². The van der Waals surface area contributed by atoms with Crippen LogP contribution in [0, 0.1) is 11.7 Å². The van der Waals surface area contributed by atoms with E-state index in [0.29, 0.717) is 16.5 Å². The van der Waals surface area contributed by atoms with Crippen LogP contribution in [0.5, 0.6) is 0 Å². The summed E-state index contributed by atoms with van der Waals surface area (Å²) in [7, 11) is 0. The van der Waals surface area contributed by atoms with Crippen LogP contribution in [-0.2, 0) is 4.74 Å². The molecular weight excluding hydrogens is 311 g/mol. The Balaban J connectivity index is 2.34. The molecular formula is C15H18BrFO2. The fourth-order valence-electron chi connectivity index (χ4n) is 2.87. The van der Waals surface area contributed by atoms with Gasteiger partial charge in [0.25, 0.3) is 0 Å². The van der Waals surface area contributed by atoms with Gasteiger partial charge in [0.2, 0.25) is 0 Å². The highest BCUT2D eigenvalue weighted by atomic mass is 79.9. The number of Topliss-reactive ketones (excluding diaryl/α,β-unsaturated/α-hetero) is 1. The average Bonchev–Trinajstić information content (AvgIpc) is 2.44. The van der Waals surface area contributed by atoms with Crippen molar-refractivity contribution < 1.29 is 13.9 Å². The molecule has 4 heteroatoms. The third-order valence-corrected chi connectivity index (χ3v) is 4.00. The minimum Gasteiger partial charge on any atom is -0.369 e. The van der Waals surface area contributed by atoms with Crippen molar-refractivity contribution in [1.29, 1.82) is 0 Å². The van der Waals surface area contributed by atoms with Crippen LogP contribution >= 0.6 is 15.9 Å². The van der Waals surface area contributed by atoms with Gasteiger partial charge in [0.1, 0.15) is 5.82 Å². The monoisotopic (exact) mass is 328 g/mol. The van der Waals surface area contributed by atoms with Crippen molar-refractivity contribution >= 4 is 21.7 Å². The highest BCUT2D eigenvalue weighted by Gasteiger charge is 2.49. The molecule has 0 N–H and O–H groups in total. The van der Waals surface area contributed by atoms with E-state index in [2.05, 4.69) is 15.9 Å². The quantitative estimate of drug-likeness (QED) is 0.754. The standard InChI is InChI=1S/C15H18BrFO2/c1-14(2)8-12(15(3,4)19-14)13(18)9-5-10(16)7-11(17)6-9/h5-7,12H,8H2,1-4H3. The number of hydrogen-bond acceptors (Lipinski definition) is 2. The molecule has 1 heterocycles. The molecule has 1 atom stereocenters. The van der Waals surface area contributed by atoms with Crippen LogP contribution in [0.15, 0.2) is 22.7 Å². The van der Waals surface area contributed by atoms with Crippen molar-refractivity contribution in [3.63, 3.8) is 0 Å². The molecule has 0 bridgehead atoms. The fourth-order valence-corrected chi connectivity index (χ4v) is 3.33. The summed E-state index contributed by atoms with van der Waals surface area (Å²) in [4.78, 5) is 12.6. The fraction of sp³-hybridized carbons (Fsp3) is 0.533. The number of benzene rings is 1. The van der Waals surface area contributed by atoms with E-state index in [1.807, 2.05) is 27.7 Å². The Morgan fingerprint density at radius 1 is 1.32 bits per heavy atom. The summed E-state index contributed by atoms with van der Waals surface area (Å²) in [5.74, 6) is -0.722. The molecule has 2 nitrogen and oxygen atoms in total. The lowest BCUT2D eigenvalue weighted by molar-refractivity contribution is -0.0712. The summed E-state index contributed by atoms with van der Waals surface area (Å²) in [6.45, 7) is 7.78. The van der Waals surface area contributed by atoms with Crippen molar-refractivity contribution in [2.45, 2.75) is 45.3 Å². The molecule has 0 radical (unpaired) electrons. The lowest BCUT2D eigenvalue weighted by Crippen LogP contribution is -2.33. The van der Waals surface area contributed by atoms with Crippen LogP contribution in [0.2, 0.25) is 0 Å². The minimum atomic E-state index is -0.528. The van der Waals surface area contributed by atoms with Gasteiger partial charge in [-0.3, -0.25) is 4.79 Å². The molecule has 1 aliphatic heterocycles. The Morgan fingerprint density at radius 2 is 1.95 bits per heavy atom. The molecule has 104 valence electrons. The maximum atomic E-state index is 13.4. The third-order valence-electron chi connectivity index (χ3n) is 3.54. The van der Waals surface area contributed by atoms with E-state index in [1.165, 1.54) is 12.1 Å². The average molecular weight is 329 g/mol. The number of carbonyl (C=O) groups excluding carboxylic acids is 1. The van der Waals surface area contributed by atoms with Crippen LogP contribution < -0.4 is 0 Å². The first-order chi connectivity index (χ1) is 8.61. The minimum absolute atomic E-state index is 0.0595. The van der Waals surface area contributed by atoms with Gasteiger partial charge in [-0.1, -0.05) is 15.9 Å². The highest BCUT2D eigenvalue weighted by molar-refractivity contribution is 9.10. The second-order valence-electron chi connectivity index (χ2n) is 6.24. The number of halogens is 2. The first-order valence-electron chi connectivity index (χ1n) is 6.31. The zero-order valence-corrected chi connectivity index (χ0v) is 13.2. The van der Waals surface area contributed by atoms with Crippen LogP contribution in [0.25, 0.3) is 0 Å². The van der Waals surface area contributed by atoms with Crippen molar-refractivity contribution in [3.05, 3.63) is 34.1 Å². The lowest BCUT2D eigenvalue weighted by atomic mass is 9.82. The van der Waals surface area contributed by atoms with Crippen LogP contribution in [-0.4, -0.2) is 17.0 Å². The SMILES string of the molecule is CC1(C)CC(C(=O)c2cc(F)cc(Br)c2)C(C)(C)O1. The zero-order valence-electron chi connectivity index (χ0n) is 11.6. The molecule has 1 saturated heterocycles. The van der Waals surface area contributed by atoms with E-state index >= 15 is 0 Å². The van der Waals surface area contributed by atoms with Gasteiger partial charge in [-0.15, -0.1) is 0 Å². The molecule has 1 aromatic carbocycles. The van der Waals surface area contributed by atoms with E-state index in [0.717, 1.165) is 0 Å². The summed E-state index contributed by atoms with van der Waals surface area (Å²) in [5, 5.41) is 0. The van der Waals surface area contributed by atoms with Gasteiger partial charge < -0.3 is 4.74 Å². The largest absolute Gasteiger partial charge is 0.369 e. The van der Waals surface area contributed by atoms with Gasteiger partial charge in [0.15, 0.2) is 5.78 Å². The topological polar surface area (TPSA) is 26.3 Å². The van der Waals surface area contributed by atoms with Crippen LogP contribution in [0.3, 0.4) is 0 Å². The number of rotatable bonds is 2. The first-order valence-corrected chi connectivity index (χ1v) is 7.10. The molecule has 1 aromatic rings. The Hall–Kier alpha value is -0.740. The maximum Gasteiger partial charge on any atom is 0.169 e. The normalized spacial score (nSPS) is 24.4. The Kier molecular flexibility index (Phi) is 3.60. The highest BCUT2D eigenvalue weighted by Crippen LogP contribution is 2.43. The Bertz CT molecular complexity index is 503. The molecule has 0 aromatic heterocycles. The van der Waals surface area contributed by atoms with Crippen LogP contribution in [0.4, 0.5) is 4.39 Å². The molecule has 1 aliphatic rings. The smallest absolute Gasteiger partial charge is 0.169 e. The predicted molar refractivity (Wildman–Crippen MR) is 75.8 cm³/mol. The number of ether oxygens (including phenoxy) is 1. The van der Waals surface area contributed by atoms with Crippen molar-refractivity contribution in [1.82, 2.24) is 0 Å². The maximum absolute atomic E-state index is 13.4. The lowest BCUT2D eigenvalue weighted by Gasteiger charge is -2.26. The molecule has 0 amide bonds. The van der Waals surface area contributed by atoms with E-state index in [-0.39, 0.29) is 17.3 Å². The molecule has 0 aliphatic carbocycles. The van der Waals surface area contributed by atoms with Crippen molar-refractivity contribution in [2.24, 2.45) is 5.92 Å². The Labute approximate surface area is 121 Å². The second kappa shape index (κ2) is 4.67. The molecule has 1 fully saturated rings. The van der Waals surface area contributed by atoms with E-state index in [1.54, 1.807) is 6.07 Å². The first kappa shape index (κ1) is 14.7. The van der Waals surface area contributed by atoms with Crippen LogP contribution in [0.1, 0.15) is 44.5 Å². The Morgan fingerprint density at radius 3 is 2.42 bits per heavy atom. The molecule has 2 rings (SSSR count). The molecule has 19 heavy (non-hydrogen) atoms. The summed E-state index contributed by atoms with van der Waals surface area (Å²) >= 11 is 3.22. The van der Waals surface area contributed by atoms with Gasteiger partial charge >= 0.3 is 0 Å². The van der Waals surface area contributed by atoms with E-state index in [4.69, 9.17) is 4.74 Å². The molecule has 1 unspecified atom stereocenters. The predicted octanol–water partition coefficient (Wildman–Crippen LogP) is 4.36. The summed E-state index contributed by atoms with van der Waals surface area (Å²) in [6, 6.07) is 4.29. The number of carbonyl (C=O) groups is 1. The zero-order chi connectivity index (χ0) is 14.4.